The Hall–Kier alpha value is -0.870. The molecule has 1 aromatic carbocycles. The second-order valence-corrected chi connectivity index (χ2v) is 6.23. The molecular weight excluding hydrogens is 304 g/mol. The van der Waals surface area contributed by atoms with Crippen molar-refractivity contribution in [2.45, 2.75) is 37.5 Å². The third-order valence-electron chi connectivity index (χ3n) is 3.98. The van der Waals surface area contributed by atoms with Gasteiger partial charge in [-0.25, -0.2) is 0 Å². The van der Waals surface area contributed by atoms with Gasteiger partial charge in [0.15, 0.2) is 0 Å². The minimum Gasteiger partial charge on any atom is -0.355 e. The monoisotopic (exact) mass is 324 g/mol. The number of amides is 1. The van der Waals surface area contributed by atoms with Gasteiger partial charge < -0.3 is 11.1 Å². The zero-order chi connectivity index (χ0) is 13.7. The maximum atomic E-state index is 11.7. The number of carbonyl (C=O) groups is 1. The lowest BCUT2D eigenvalue weighted by atomic mass is 9.64. The third-order valence-corrected chi connectivity index (χ3v) is 4.47. The summed E-state index contributed by atoms with van der Waals surface area (Å²) in [6.07, 6.45) is 4.84. The Kier molecular flexibility index (Phi) is 4.99. The Bertz CT molecular complexity index is 444. The van der Waals surface area contributed by atoms with Crippen LogP contribution in [0.4, 0.5) is 0 Å². The lowest BCUT2D eigenvalue weighted by molar-refractivity contribution is -0.121. The van der Waals surface area contributed by atoms with E-state index < -0.39 is 0 Å². The molecule has 3 nitrogen and oxygen atoms in total. The molecule has 0 spiro atoms. The van der Waals surface area contributed by atoms with Gasteiger partial charge in [0.2, 0.25) is 5.91 Å². The van der Waals surface area contributed by atoms with Gasteiger partial charge in [-0.1, -0.05) is 34.5 Å². The Morgan fingerprint density at radius 1 is 1.42 bits per heavy atom. The van der Waals surface area contributed by atoms with Crippen LogP contribution in [-0.4, -0.2) is 19.0 Å². The smallest absolute Gasteiger partial charge is 0.220 e. The standard InChI is InChI=1S/C15H21BrN2O/c16-13-5-1-4-12(10-13)15(7-3-8-15)11-18-14(19)6-2-9-17/h1,4-5,10H,2-3,6-9,11,17H2,(H,18,19). The predicted molar refractivity (Wildman–Crippen MR) is 81.0 cm³/mol. The summed E-state index contributed by atoms with van der Waals surface area (Å²) in [5, 5.41) is 3.07. The quantitative estimate of drug-likeness (QED) is 0.845. The summed E-state index contributed by atoms with van der Waals surface area (Å²) < 4.78 is 1.10. The average Bonchev–Trinajstić information content (AvgIpc) is 2.35. The van der Waals surface area contributed by atoms with Crippen molar-refractivity contribution in [3.63, 3.8) is 0 Å². The number of benzene rings is 1. The largest absolute Gasteiger partial charge is 0.355 e. The number of halogens is 1. The van der Waals surface area contributed by atoms with Crippen molar-refractivity contribution in [2.75, 3.05) is 13.1 Å². The van der Waals surface area contributed by atoms with Crippen LogP contribution in [0.3, 0.4) is 0 Å². The first-order valence-corrected chi connectivity index (χ1v) is 7.68. The molecular formula is C15H21BrN2O. The van der Waals surface area contributed by atoms with E-state index in [0.717, 1.165) is 30.3 Å². The highest BCUT2D eigenvalue weighted by Crippen LogP contribution is 2.43. The normalized spacial score (nSPS) is 16.7. The van der Waals surface area contributed by atoms with Crippen molar-refractivity contribution in [2.24, 2.45) is 5.73 Å². The fourth-order valence-electron chi connectivity index (χ4n) is 2.61. The maximum absolute atomic E-state index is 11.7. The number of rotatable bonds is 6. The Labute approximate surface area is 123 Å². The minimum absolute atomic E-state index is 0.117. The van der Waals surface area contributed by atoms with Crippen molar-refractivity contribution >= 4 is 21.8 Å². The second-order valence-electron chi connectivity index (χ2n) is 5.31. The molecule has 0 aliphatic heterocycles. The van der Waals surface area contributed by atoms with Gasteiger partial charge >= 0.3 is 0 Å². The van der Waals surface area contributed by atoms with E-state index in [9.17, 15) is 4.79 Å². The summed E-state index contributed by atoms with van der Waals surface area (Å²) >= 11 is 3.52. The Morgan fingerprint density at radius 3 is 2.79 bits per heavy atom. The topological polar surface area (TPSA) is 55.1 Å². The van der Waals surface area contributed by atoms with Crippen molar-refractivity contribution in [3.05, 3.63) is 34.3 Å². The molecule has 104 valence electrons. The van der Waals surface area contributed by atoms with Crippen molar-refractivity contribution in [3.8, 4) is 0 Å². The SMILES string of the molecule is NCCCC(=O)NCC1(c2cccc(Br)c2)CCC1. The van der Waals surface area contributed by atoms with E-state index in [0.29, 0.717) is 13.0 Å². The van der Waals surface area contributed by atoms with E-state index in [1.165, 1.54) is 12.0 Å². The first-order chi connectivity index (χ1) is 9.16. The molecule has 0 atom stereocenters. The summed E-state index contributed by atoms with van der Waals surface area (Å²) in [4.78, 5) is 11.7. The number of carbonyl (C=O) groups excluding carboxylic acids is 1. The molecule has 3 N–H and O–H groups in total. The molecule has 1 saturated carbocycles. The highest BCUT2D eigenvalue weighted by atomic mass is 79.9. The molecule has 0 aromatic heterocycles. The van der Waals surface area contributed by atoms with Gasteiger partial charge in [-0.05, 0) is 43.5 Å². The van der Waals surface area contributed by atoms with Crippen LogP contribution >= 0.6 is 15.9 Å². The lowest BCUT2D eigenvalue weighted by Crippen LogP contribution is -2.45. The van der Waals surface area contributed by atoms with E-state index in [1.807, 2.05) is 6.07 Å². The number of nitrogens with two attached hydrogens (primary N) is 1. The van der Waals surface area contributed by atoms with E-state index in [2.05, 4.69) is 39.4 Å². The fraction of sp³-hybridized carbons (Fsp3) is 0.533. The highest BCUT2D eigenvalue weighted by Gasteiger charge is 2.38. The third kappa shape index (κ3) is 3.57. The van der Waals surface area contributed by atoms with Crippen LogP contribution in [0.25, 0.3) is 0 Å². The second kappa shape index (κ2) is 6.53. The van der Waals surface area contributed by atoms with Crippen LogP contribution < -0.4 is 11.1 Å². The first kappa shape index (κ1) is 14.5. The molecule has 1 aliphatic rings. The molecule has 0 unspecified atom stereocenters. The average molecular weight is 325 g/mol. The van der Waals surface area contributed by atoms with Gasteiger partial charge in [0.25, 0.3) is 0 Å². The van der Waals surface area contributed by atoms with Crippen LogP contribution in [-0.2, 0) is 10.2 Å². The van der Waals surface area contributed by atoms with Gasteiger partial charge in [-0.15, -0.1) is 0 Å². The van der Waals surface area contributed by atoms with E-state index in [-0.39, 0.29) is 11.3 Å². The van der Waals surface area contributed by atoms with Gasteiger partial charge in [-0.3, -0.25) is 4.79 Å². The van der Waals surface area contributed by atoms with Gasteiger partial charge in [-0.2, -0.15) is 0 Å². The molecule has 1 aliphatic carbocycles. The van der Waals surface area contributed by atoms with Crippen LogP contribution in [0.15, 0.2) is 28.7 Å². The van der Waals surface area contributed by atoms with Crippen LogP contribution in [0.1, 0.15) is 37.7 Å². The first-order valence-electron chi connectivity index (χ1n) is 6.89. The molecule has 0 heterocycles. The van der Waals surface area contributed by atoms with E-state index in [1.54, 1.807) is 0 Å². The Morgan fingerprint density at radius 2 is 2.21 bits per heavy atom. The number of hydrogen-bond acceptors (Lipinski definition) is 2. The zero-order valence-electron chi connectivity index (χ0n) is 11.1. The summed E-state index contributed by atoms with van der Waals surface area (Å²) in [5.41, 5.74) is 6.89. The molecule has 2 rings (SSSR count). The van der Waals surface area contributed by atoms with Crippen molar-refractivity contribution < 1.29 is 4.79 Å². The molecule has 0 bridgehead atoms. The zero-order valence-corrected chi connectivity index (χ0v) is 12.7. The van der Waals surface area contributed by atoms with Gasteiger partial charge in [0.1, 0.15) is 0 Å². The van der Waals surface area contributed by atoms with Gasteiger partial charge in [0.05, 0.1) is 0 Å². The lowest BCUT2D eigenvalue weighted by Gasteiger charge is -2.42. The minimum atomic E-state index is 0.117. The van der Waals surface area contributed by atoms with E-state index >= 15 is 0 Å². The summed E-state index contributed by atoms with van der Waals surface area (Å²) in [6, 6.07) is 8.44. The summed E-state index contributed by atoms with van der Waals surface area (Å²) in [5.74, 6) is 0.117. The van der Waals surface area contributed by atoms with Crippen LogP contribution in [0.2, 0.25) is 0 Å². The van der Waals surface area contributed by atoms with E-state index in [4.69, 9.17) is 5.73 Å². The molecule has 1 fully saturated rings. The Balaban J connectivity index is 1.97. The van der Waals surface area contributed by atoms with Crippen molar-refractivity contribution in [1.82, 2.24) is 5.32 Å². The molecule has 19 heavy (non-hydrogen) atoms. The van der Waals surface area contributed by atoms with Crippen LogP contribution in [0.5, 0.6) is 0 Å². The maximum Gasteiger partial charge on any atom is 0.220 e. The molecule has 0 radical (unpaired) electrons. The summed E-state index contributed by atoms with van der Waals surface area (Å²) in [6.45, 7) is 1.32. The molecule has 4 heteroatoms. The molecule has 1 amide bonds. The highest BCUT2D eigenvalue weighted by molar-refractivity contribution is 9.10. The van der Waals surface area contributed by atoms with Gasteiger partial charge in [0, 0.05) is 22.9 Å². The van der Waals surface area contributed by atoms with Crippen LogP contribution in [0, 0.1) is 0 Å². The van der Waals surface area contributed by atoms with Crippen molar-refractivity contribution in [1.29, 1.82) is 0 Å². The number of nitrogens with one attached hydrogen (secondary N) is 1. The number of hydrogen-bond donors (Lipinski definition) is 2. The fourth-order valence-corrected chi connectivity index (χ4v) is 3.01. The summed E-state index contributed by atoms with van der Waals surface area (Å²) in [7, 11) is 0. The predicted octanol–water partition coefficient (Wildman–Crippen LogP) is 2.73. The molecule has 0 saturated heterocycles. The molecule has 1 aromatic rings.